The predicted molar refractivity (Wildman–Crippen MR) is 100 cm³/mol. The first-order valence-electron chi connectivity index (χ1n) is 8.51. The van der Waals surface area contributed by atoms with E-state index < -0.39 is 0 Å². The second-order valence-electron chi connectivity index (χ2n) is 5.50. The molecule has 0 spiro atoms. The zero-order chi connectivity index (χ0) is 17.9. The summed E-state index contributed by atoms with van der Waals surface area (Å²) in [5, 5.41) is 16.5. The summed E-state index contributed by atoms with van der Waals surface area (Å²) in [7, 11) is 1.58. The second kappa shape index (κ2) is 10.2. The number of pyridine rings is 1. The fraction of sp³-hybridized carbons (Fsp3) is 0.368. The van der Waals surface area contributed by atoms with Crippen LogP contribution in [0.1, 0.15) is 18.2 Å². The third kappa shape index (κ3) is 6.33. The molecule has 1 aromatic heterocycles. The normalized spacial score (nSPS) is 11.2. The van der Waals surface area contributed by atoms with Crippen molar-refractivity contribution in [2.75, 3.05) is 26.7 Å². The molecule has 0 aliphatic carbocycles. The maximum atomic E-state index is 10.00. The average molecular weight is 342 g/mol. The van der Waals surface area contributed by atoms with E-state index in [0.29, 0.717) is 25.3 Å². The summed E-state index contributed by atoms with van der Waals surface area (Å²) in [6.45, 7) is 4.17. The molecule has 0 radical (unpaired) electrons. The van der Waals surface area contributed by atoms with Crippen LogP contribution in [0.25, 0.3) is 0 Å². The number of hydrogen-bond donors (Lipinski definition) is 3. The minimum atomic E-state index is 0.248. The number of guanidine groups is 1. The smallest absolute Gasteiger partial charge is 0.191 e. The number of nitrogens with one attached hydrogen (secondary N) is 2. The molecular formula is C19H26N4O2. The van der Waals surface area contributed by atoms with Crippen LogP contribution in [0.15, 0.2) is 47.6 Å². The van der Waals surface area contributed by atoms with Crippen LogP contribution in [-0.2, 0) is 12.8 Å². The van der Waals surface area contributed by atoms with Crippen molar-refractivity contribution >= 4 is 5.96 Å². The molecule has 0 atom stereocenters. The van der Waals surface area contributed by atoms with Gasteiger partial charge in [0.1, 0.15) is 11.5 Å². The molecule has 0 saturated carbocycles. The second-order valence-corrected chi connectivity index (χ2v) is 5.50. The van der Waals surface area contributed by atoms with Crippen LogP contribution < -0.4 is 15.4 Å². The van der Waals surface area contributed by atoms with Crippen LogP contribution in [0.3, 0.4) is 0 Å². The SMILES string of the molecule is CCNC(=NCCc1ccccn1)NCCc1ccc(OC)cc1O. The molecule has 0 amide bonds. The van der Waals surface area contributed by atoms with E-state index in [9.17, 15) is 5.11 Å². The first kappa shape index (κ1) is 18.6. The minimum absolute atomic E-state index is 0.248. The zero-order valence-corrected chi connectivity index (χ0v) is 14.8. The Labute approximate surface area is 149 Å². The lowest BCUT2D eigenvalue weighted by Gasteiger charge is -2.12. The first-order chi connectivity index (χ1) is 12.2. The number of aliphatic imine (C=N–C) groups is 1. The van der Waals surface area contributed by atoms with Gasteiger partial charge in [0.25, 0.3) is 0 Å². The van der Waals surface area contributed by atoms with Crippen LogP contribution in [0.2, 0.25) is 0 Å². The average Bonchev–Trinajstić information content (AvgIpc) is 2.64. The predicted octanol–water partition coefficient (Wildman–Crippen LogP) is 2.14. The molecule has 6 heteroatoms. The van der Waals surface area contributed by atoms with Crippen molar-refractivity contribution in [1.82, 2.24) is 15.6 Å². The summed E-state index contributed by atoms with van der Waals surface area (Å²) < 4.78 is 5.10. The number of methoxy groups -OCH3 is 1. The third-order valence-corrected chi connectivity index (χ3v) is 3.69. The molecule has 0 saturated heterocycles. The van der Waals surface area contributed by atoms with E-state index in [1.807, 2.05) is 37.3 Å². The highest BCUT2D eigenvalue weighted by molar-refractivity contribution is 5.79. The molecule has 3 N–H and O–H groups in total. The number of aromatic nitrogens is 1. The van der Waals surface area contributed by atoms with Crippen molar-refractivity contribution in [2.24, 2.45) is 4.99 Å². The Morgan fingerprint density at radius 2 is 2.08 bits per heavy atom. The highest BCUT2D eigenvalue weighted by atomic mass is 16.5. The minimum Gasteiger partial charge on any atom is -0.508 e. The van der Waals surface area contributed by atoms with E-state index >= 15 is 0 Å². The van der Waals surface area contributed by atoms with Gasteiger partial charge in [-0.25, -0.2) is 0 Å². The van der Waals surface area contributed by atoms with E-state index in [0.717, 1.165) is 30.2 Å². The Kier molecular flexibility index (Phi) is 7.56. The molecule has 0 unspecified atom stereocenters. The molecule has 2 rings (SSSR count). The first-order valence-corrected chi connectivity index (χ1v) is 8.51. The molecule has 0 aliphatic heterocycles. The maximum Gasteiger partial charge on any atom is 0.191 e. The van der Waals surface area contributed by atoms with E-state index in [4.69, 9.17) is 4.74 Å². The number of nitrogens with zero attached hydrogens (tertiary/aromatic N) is 2. The fourth-order valence-electron chi connectivity index (χ4n) is 2.37. The van der Waals surface area contributed by atoms with Crippen molar-refractivity contribution in [1.29, 1.82) is 0 Å². The molecule has 25 heavy (non-hydrogen) atoms. The van der Waals surface area contributed by atoms with Crippen molar-refractivity contribution in [3.05, 3.63) is 53.9 Å². The van der Waals surface area contributed by atoms with Gasteiger partial charge in [-0.05, 0) is 37.1 Å². The topological polar surface area (TPSA) is 78.8 Å². The molecule has 2 aromatic rings. The van der Waals surface area contributed by atoms with E-state index in [1.165, 1.54) is 0 Å². The van der Waals surface area contributed by atoms with Gasteiger partial charge in [-0.2, -0.15) is 0 Å². The number of rotatable bonds is 8. The molecule has 6 nitrogen and oxygen atoms in total. The number of hydrogen-bond acceptors (Lipinski definition) is 4. The largest absolute Gasteiger partial charge is 0.508 e. The molecule has 0 fully saturated rings. The Morgan fingerprint density at radius 1 is 1.20 bits per heavy atom. The van der Waals surface area contributed by atoms with Crippen LogP contribution in [0.4, 0.5) is 0 Å². The third-order valence-electron chi connectivity index (χ3n) is 3.69. The van der Waals surface area contributed by atoms with Gasteiger partial charge in [0, 0.05) is 44.0 Å². The lowest BCUT2D eigenvalue weighted by molar-refractivity contribution is 0.406. The number of phenols is 1. The van der Waals surface area contributed by atoms with E-state index in [2.05, 4.69) is 20.6 Å². The van der Waals surface area contributed by atoms with Crippen LogP contribution in [0.5, 0.6) is 11.5 Å². The summed E-state index contributed by atoms with van der Waals surface area (Å²) >= 11 is 0. The Balaban J connectivity index is 1.83. The molecule has 134 valence electrons. The van der Waals surface area contributed by atoms with Crippen LogP contribution in [0, 0.1) is 0 Å². The summed E-state index contributed by atoms with van der Waals surface area (Å²) in [6, 6.07) is 11.2. The lowest BCUT2D eigenvalue weighted by atomic mass is 10.1. The number of ether oxygens (including phenoxy) is 1. The fourth-order valence-corrected chi connectivity index (χ4v) is 2.37. The summed E-state index contributed by atoms with van der Waals surface area (Å²) in [4.78, 5) is 8.86. The Bertz CT molecular complexity index is 674. The highest BCUT2D eigenvalue weighted by Crippen LogP contribution is 2.23. The number of benzene rings is 1. The Morgan fingerprint density at radius 3 is 2.76 bits per heavy atom. The van der Waals surface area contributed by atoms with Crippen molar-refractivity contribution < 1.29 is 9.84 Å². The molecule has 0 bridgehead atoms. The van der Waals surface area contributed by atoms with Crippen molar-refractivity contribution in [2.45, 2.75) is 19.8 Å². The van der Waals surface area contributed by atoms with Crippen LogP contribution in [-0.4, -0.2) is 42.8 Å². The summed E-state index contributed by atoms with van der Waals surface area (Å²) in [5.74, 6) is 1.67. The summed E-state index contributed by atoms with van der Waals surface area (Å²) in [5.41, 5.74) is 1.91. The van der Waals surface area contributed by atoms with Gasteiger partial charge >= 0.3 is 0 Å². The van der Waals surface area contributed by atoms with Gasteiger partial charge in [0.2, 0.25) is 0 Å². The standard InChI is InChI=1S/C19H26N4O2/c1-3-20-19(23-13-10-16-6-4-5-11-21-16)22-12-9-15-7-8-17(25-2)14-18(15)24/h4-8,11,14,24H,3,9-10,12-13H2,1-2H3,(H2,20,22,23). The van der Waals surface area contributed by atoms with Gasteiger partial charge in [-0.3, -0.25) is 9.98 Å². The van der Waals surface area contributed by atoms with E-state index in [1.54, 1.807) is 19.4 Å². The van der Waals surface area contributed by atoms with Crippen molar-refractivity contribution in [3.8, 4) is 11.5 Å². The summed E-state index contributed by atoms with van der Waals surface area (Å²) in [6.07, 6.45) is 3.29. The van der Waals surface area contributed by atoms with Gasteiger partial charge in [-0.1, -0.05) is 12.1 Å². The van der Waals surface area contributed by atoms with Gasteiger partial charge in [0.05, 0.1) is 7.11 Å². The quantitative estimate of drug-likeness (QED) is 0.506. The zero-order valence-electron chi connectivity index (χ0n) is 14.8. The van der Waals surface area contributed by atoms with E-state index in [-0.39, 0.29) is 5.75 Å². The monoisotopic (exact) mass is 342 g/mol. The molecule has 1 heterocycles. The van der Waals surface area contributed by atoms with Gasteiger partial charge in [-0.15, -0.1) is 0 Å². The van der Waals surface area contributed by atoms with Gasteiger partial charge in [0.15, 0.2) is 5.96 Å². The highest BCUT2D eigenvalue weighted by Gasteiger charge is 2.04. The van der Waals surface area contributed by atoms with Crippen LogP contribution >= 0.6 is 0 Å². The molecular weight excluding hydrogens is 316 g/mol. The Hall–Kier alpha value is -2.76. The number of phenolic OH excluding ortho intramolecular Hbond substituents is 1. The number of aromatic hydroxyl groups is 1. The lowest BCUT2D eigenvalue weighted by Crippen LogP contribution is -2.38. The maximum absolute atomic E-state index is 10.00. The van der Waals surface area contributed by atoms with Crippen molar-refractivity contribution in [3.63, 3.8) is 0 Å². The molecule has 0 aliphatic rings. The molecule has 1 aromatic carbocycles. The van der Waals surface area contributed by atoms with Gasteiger partial charge < -0.3 is 20.5 Å².